The summed E-state index contributed by atoms with van der Waals surface area (Å²) in [6.45, 7) is 6.99. The van der Waals surface area contributed by atoms with Crippen LogP contribution in [0.3, 0.4) is 0 Å². The van der Waals surface area contributed by atoms with Crippen molar-refractivity contribution in [3.8, 4) is 0 Å². The summed E-state index contributed by atoms with van der Waals surface area (Å²) in [4.78, 5) is 11.5. The van der Waals surface area contributed by atoms with Crippen LogP contribution in [0.4, 0.5) is 0 Å². The Morgan fingerprint density at radius 3 is 2.69 bits per heavy atom. The molecule has 1 rings (SSSR count). The molecular weight excluding hydrogens is 164 g/mol. The Hall–Kier alpha value is -0.890. The predicted molar refractivity (Wildman–Crippen MR) is 52.3 cm³/mol. The third kappa shape index (κ3) is 2.28. The average molecular weight is 180 g/mol. The summed E-state index contributed by atoms with van der Waals surface area (Å²) in [6.07, 6.45) is 4.86. The van der Waals surface area contributed by atoms with Crippen LogP contribution in [0.1, 0.15) is 26.7 Å². The van der Waals surface area contributed by atoms with Gasteiger partial charge in [0.2, 0.25) is 0 Å². The van der Waals surface area contributed by atoms with E-state index in [4.69, 9.17) is 0 Å². The van der Waals surface area contributed by atoms with Crippen molar-refractivity contribution >= 4 is 5.78 Å². The van der Waals surface area contributed by atoms with Crippen molar-refractivity contribution in [1.29, 1.82) is 0 Å². The quantitative estimate of drug-likeness (QED) is 0.704. The van der Waals surface area contributed by atoms with Crippen molar-refractivity contribution in [3.05, 3.63) is 24.3 Å². The average Bonchev–Trinajstić information content (AvgIpc) is 2.01. The van der Waals surface area contributed by atoms with E-state index >= 15 is 0 Å². The van der Waals surface area contributed by atoms with E-state index in [1.54, 1.807) is 26.0 Å². The van der Waals surface area contributed by atoms with Gasteiger partial charge in [0.25, 0.3) is 0 Å². The summed E-state index contributed by atoms with van der Waals surface area (Å²) < 4.78 is 0. The standard InChI is InChI=1S/C11H16O2/c1-4-8-5-6-9(10(12)7-8)11(2,3)13/h4,7,9,13H,1,5-6H2,2-3H3/t9-/m0/s1. The molecule has 72 valence electrons. The van der Waals surface area contributed by atoms with Gasteiger partial charge in [-0.2, -0.15) is 0 Å². The lowest BCUT2D eigenvalue weighted by Crippen LogP contribution is -2.37. The van der Waals surface area contributed by atoms with Crippen LogP contribution < -0.4 is 0 Å². The Morgan fingerprint density at radius 1 is 1.69 bits per heavy atom. The van der Waals surface area contributed by atoms with Gasteiger partial charge in [0.1, 0.15) is 0 Å². The molecule has 0 aromatic carbocycles. The first-order valence-corrected chi connectivity index (χ1v) is 4.54. The fourth-order valence-corrected chi connectivity index (χ4v) is 1.67. The van der Waals surface area contributed by atoms with Crippen molar-refractivity contribution in [1.82, 2.24) is 0 Å². The normalized spacial score (nSPS) is 24.1. The number of aliphatic hydroxyl groups is 1. The largest absolute Gasteiger partial charge is 0.390 e. The molecule has 1 aliphatic carbocycles. The zero-order valence-corrected chi connectivity index (χ0v) is 8.21. The number of carbonyl (C=O) groups excluding carboxylic acids is 1. The van der Waals surface area contributed by atoms with Gasteiger partial charge in [-0.05, 0) is 38.3 Å². The highest BCUT2D eigenvalue weighted by molar-refractivity contribution is 5.94. The van der Waals surface area contributed by atoms with E-state index in [-0.39, 0.29) is 11.7 Å². The van der Waals surface area contributed by atoms with Crippen LogP contribution in [0.25, 0.3) is 0 Å². The maximum atomic E-state index is 11.5. The molecule has 0 bridgehead atoms. The molecule has 0 saturated heterocycles. The highest BCUT2D eigenvalue weighted by atomic mass is 16.3. The molecule has 0 amide bonds. The Kier molecular flexibility index (Phi) is 2.71. The number of ketones is 1. The topological polar surface area (TPSA) is 37.3 Å². The van der Waals surface area contributed by atoms with E-state index in [1.807, 2.05) is 0 Å². The highest BCUT2D eigenvalue weighted by Crippen LogP contribution is 2.29. The van der Waals surface area contributed by atoms with Gasteiger partial charge in [0.15, 0.2) is 5.78 Å². The first kappa shape index (κ1) is 10.2. The molecule has 0 spiro atoms. The third-order valence-corrected chi connectivity index (χ3v) is 2.51. The summed E-state index contributed by atoms with van der Waals surface area (Å²) >= 11 is 0. The molecule has 1 aliphatic rings. The minimum atomic E-state index is -0.902. The molecule has 0 fully saturated rings. The summed E-state index contributed by atoms with van der Waals surface area (Å²) in [5, 5.41) is 9.70. The highest BCUT2D eigenvalue weighted by Gasteiger charge is 2.33. The fourth-order valence-electron chi connectivity index (χ4n) is 1.67. The molecule has 0 aromatic rings. The monoisotopic (exact) mass is 180 g/mol. The molecule has 13 heavy (non-hydrogen) atoms. The second kappa shape index (κ2) is 3.46. The molecule has 0 heterocycles. The lowest BCUT2D eigenvalue weighted by atomic mass is 9.79. The van der Waals surface area contributed by atoms with Crippen molar-refractivity contribution in [2.75, 3.05) is 0 Å². The first-order chi connectivity index (χ1) is 5.95. The molecule has 0 unspecified atom stereocenters. The number of allylic oxidation sites excluding steroid dienone is 3. The minimum absolute atomic E-state index is 0.0219. The molecule has 2 nitrogen and oxygen atoms in total. The van der Waals surface area contributed by atoms with Gasteiger partial charge in [0, 0.05) is 0 Å². The van der Waals surface area contributed by atoms with Crippen molar-refractivity contribution < 1.29 is 9.90 Å². The second-order valence-corrected chi connectivity index (χ2v) is 4.07. The van der Waals surface area contributed by atoms with Gasteiger partial charge in [-0.25, -0.2) is 0 Å². The van der Waals surface area contributed by atoms with Crippen LogP contribution in [0, 0.1) is 5.92 Å². The summed E-state index contributed by atoms with van der Waals surface area (Å²) in [6, 6.07) is 0. The van der Waals surface area contributed by atoms with Crippen LogP contribution in [-0.4, -0.2) is 16.5 Å². The third-order valence-electron chi connectivity index (χ3n) is 2.51. The molecule has 1 atom stereocenters. The smallest absolute Gasteiger partial charge is 0.161 e. The van der Waals surface area contributed by atoms with Crippen molar-refractivity contribution in [2.45, 2.75) is 32.3 Å². The van der Waals surface area contributed by atoms with Gasteiger partial charge in [-0.3, -0.25) is 4.79 Å². The molecule has 0 aliphatic heterocycles. The minimum Gasteiger partial charge on any atom is -0.390 e. The van der Waals surface area contributed by atoms with Gasteiger partial charge in [0.05, 0.1) is 11.5 Å². The fraction of sp³-hybridized carbons (Fsp3) is 0.545. The molecule has 0 saturated carbocycles. The van der Waals surface area contributed by atoms with E-state index in [2.05, 4.69) is 6.58 Å². The van der Waals surface area contributed by atoms with Gasteiger partial charge < -0.3 is 5.11 Å². The van der Waals surface area contributed by atoms with Crippen molar-refractivity contribution in [3.63, 3.8) is 0 Å². The molecule has 0 aromatic heterocycles. The second-order valence-electron chi connectivity index (χ2n) is 4.07. The first-order valence-electron chi connectivity index (χ1n) is 4.54. The van der Waals surface area contributed by atoms with Crippen LogP contribution in [-0.2, 0) is 4.79 Å². The van der Waals surface area contributed by atoms with Crippen LogP contribution in [0.15, 0.2) is 24.3 Å². The number of hydrogen-bond acceptors (Lipinski definition) is 2. The maximum Gasteiger partial charge on any atom is 0.161 e. The lowest BCUT2D eigenvalue weighted by Gasteiger charge is -2.29. The van der Waals surface area contributed by atoms with Gasteiger partial charge >= 0.3 is 0 Å². The van der Waals surface area contributed by atoms with E-state index in [9.17, 15) is 9.90 Å². The van der Waals surface area contributed by atoms with E-state index in [0.717, 1.165) is 18.4 Å². The summed E-state index contributed by atoms with van der Waals surface area (Å²) in [7, 11) is 0. The zero-order chi connectivity index (χ0) is 10.1. The van der Waals surface area contributed by atoms with Crippen LogP contribution >= 0.6 is 0 Å². The summed E-state index contributed by atoms with van der Waals surface area (Å²) in [5.74, 6) is -0.232. The molecule has 0 radical (unpaired) electrons. The van der Waals surface area contributed by atoms with Crippen molar-refractivity contribution in [2.24, 2.45) is 5.92 Å². The summed E-state index contributed by atoms with van der Waals surface area (Å²) in [5.41, 5.74) is 0.0748. The number of carbonyl (C=O) groups is 1. The van der Waals surface area contributed by atoms with Crippen LogP contribution in [0.2, 0.25) is 0 Å². The Labute approximate surface area is 79.0 Å². The van der Waals surface area contributed by atoms with Gasteiger partial charge in [-0.15, -0.1) is 0 Å². The molecule has 2 heteroatoms. The number of rotatable bonds is 2. The van der Waals surface area contributed by atoms with E-state index in [1.165, 1.54) is 0 Å². The zero-order valence-electron chi connectivity index (χ0n) is 8.21. The SMILES string of the molecule is C=CC1=CC(=O)[C@@H](C(C)(C)O)CC1. The van der Waals surface area contributed by atoms with Gasteiger partial charge in [-0.1, -0.05) is 12.7 Å². The Morgan fingerprint density at radius 2 is 2.31 bits per heavy atom. The Bertz CT molecular complexity index is 256. The van der Waals surface area contributed by atoms with E-state index in [0.29, 0.717) is 0 Å². The maximum absolute atomic E-state index is 11.5. The Balaban J connectivity index is 2.82. The van der Waals surface area contributed by atoms with Crippen LogP contribution in [0.5, 0.6) is 0 Å². The molecular formula is C11H16O2. The lowest BCUT2D eigenvalue weighted by molar-refractivity contribution is -0.126. The van der Waals surface area contributed by atoms with E-state index < -0.39 is 5.60 Å². The molecule has 1 N–H and O–H groups in total. The number of hydrogen-bond donors (Lipinski definition) is 1. The predicted octanol–water partition coefficient (Wildman–Crippen LogP) is 1.85.